The molecule has 2 unspecified atom stereocenters. The van der Waals surface area contributed by atoms with Gasteiger partial charge >= 0.3 is 0 Å². The summed E-state index contributed by atoms with van der Waals surface area (Å²) in [5.41, 5.74) is 6.60. The van der Waals surface area contributed by atoms with Crippen molar-refractivity contribution in [2.75, 3.05) is 7.05 Å². The SMILES string of the molecule is CNC(=O)[C@]12CC1C(c1cc(/C=C(\F)c3cnc(C#N)cn3)ccc1F)N=C(N)S2. The molecule has 2 heterocycles. The third-order valence-electron chi connectivity index (χ3n) is 5.15. The number of aromatic nitrogens is 2. The average molecular weight is 426 g/mol. The van der Waals surface area contributed by atoms with E-state index in [9.17, 15) is 13.6 Å². The number of halogens is 2. The van der Waals surface area contributed by atoms with Crippen molar-refractivity contribution in [2.45, 2.75) is 17.2 Å². The zero-order valence-corrected chi connectivity index (χ0v) is 16.6. The molecule has 1 amide bonds. The van der Waals surface area contributed by atoms with Gasteiger partial charge in [-0.15, -0.1) is 0 Å². The number of carbonyl (C=O) groups is 1. The van der Waals surface area contributed by atoms with Crippen LogP contribution in [-0.4, -0.2) is 32.8 Å². The van der Waals surface area contributed by atoms with Crippen molar-refractivity contribution in [1.82, 2.24) is 15.3 Å². The lowest BCUT2D eigenvalue weighted by Crippen LogP contribution is -2.38. The third-order valence-corrected chi connectivity index (χ3v) is 6.48. The highest BCUT2D eigenvalue weighted by Gasteiger charge is 2.66. The summed E-state index contributed by atoms with van der Waals surface area (Å²) >= 11 is 1.20. The molecule has 1 fully saturated rings. The molecule has 10 heteroatoms. The standard InChI is InChI=1S/C20H16F2N6OS/c1-25-18(29)20-6-13(20)17(28-19(24)30-20)12-4-10(2-3-14(12)21)5-15(22)16-9-26-11(7-23)8-27-16/h2-5,8-9,13,17H,6H2,1H3,(H2,24,28)(H,25,29)/b15-5-/t13?,17?,20-/m0/s1. The van der Waals surface area contributed by atoms with Gasteiger partial charge in [-0.05, 0) is 30.2 Å². The number of thioether (sulfide) groups is 1. The van der Waals surface area contributed by atoms with Crippen molar-refractivity contribution in [2.24, 2.45) is 16.6 Å². The van der Waals surface area contributed by atoms with Gasteiger partial charge in [-0.1, -0.05) is 17.8 Å². The Balaban J connectivity index is 1.66. The van der Waals surface area contributed by atoms with Crippen LogP contribution < -0.4 is 11.1 Å². The zero-order valence-electron chi connectivity index (χ0n) is 15.8. The Bertz CT molecular complexity index is 1130. The molecule has 1 aromatic carbocycles. The molecule has 3 N–H and O–H groups in total. The molecular formula is C20H16F2N6OS. The number of nitriles is 1. The first kappa shape index (κ1) is 20.0. The van der Waals surface area contributed by atoms with Crippen LogP contribution >= 0.6 is 11.8 Å². The fourth-order valence-electron chi connectivity index (χ4n) is 3.61. The fraction of sp³-hybridized carbons (Fsp3) is 0.250. The van der Waals surface area contributed by atoms with Crippen molar-refractivity contribution in [3.05, 3.63) is 58.9 Å². The number of aliphatic imine (C=N–C) groups is 1. The number of nitrogens with zero attached hydrogens (tertiary/aromatic N) is 4. The van der Waals surface area contributed by atoms with Crippen molar-refractivity contribution in [1.29, 1.82) is 5.26 Å². The molecule has 1 aromatic heterocycles. The normalized spacial score (nSPS) is 25.0. The molecule has 7 nitrogen and oxygen atoms in total. The van der Waals surface area contributed by atoms with Gasteiger partial charge in [0.2, 0.25) is 5.91 Å². The summed E-state index contributed by atoms with van der Waals surface area (Å²) in [6.07, 6.45) is 4.05. The van der Waals surface area contributed by atoms with Crippen LogP contribution in [0.4, 0.5) is 8.78 Å². The fourth-order valence-corrected chi connectivity index (χ4v) is 4.88. The molecule has 152 valence electrons. The van der Waals surface area contributed by atoms with E-state index in [1.165, 1.54) is 42.2 Å². The Labute approximate surface area is 175 Å². The monoisotopic (exact) mass is 426 g/mol. The highest BCUT2D eigenvalue weighted by atomic mass is 32.2. The number of hydrogen-bond donors (Lipinski definition) is 2. The van der Waals surface area contributed by atoms with Gasteiger partial charge in [0.1, 0.15) is 22.3 Å². The molecule has 3 atom stereocenters. The van der Waals surface area contributed by atoms with Gasteiger partial charge in [0.15, 0.2) is 16.7 Å². The Morgan fingerprint density at radius 3 is 2.90 bits per heavy atom. The lowest BCUT2D eigenvalue weighted by Gasteiger charge is -2.25. The van der Waals surface area contributed by atoms with E-state index in [4.69, 9.17) is 11.0 Å². The number of fused-ring (bicyclic) bond motifs is 1. The molecule has 0 radical (unpaired) electrons. The van der Waals surface area contributed by atoms with E-state index in [0.717, 1.165) is 6.20 Å². The second-order valence-corrected chi connectivity index (χ2v) is 8.32. The molecule has 2 aliphatic rings. The average Bonchev–Trinajstić information content (AvgIpc) is 3.49. The van der Waals surface area contributed by atoms with Crippen LogP contribution in [-0.2, 0) is 4.79 Å². The quantitative estimate of drug-likeness (QED) is 0.776. The molecule has 0 bridgehead atoms. The maximum atomic E-state index is 14.6. The molecule has 4 rings (SSSR count). The van der Waals surface area contributed by atoms with Crippen LogP contribution in [0.1, 0.15) is 35.0 Å². The van der Waals surface area contributed by atoms with Gasteiger partial charge in [0, 0.05) is 18.5 Å². The minimum absolute atomic E-state index is 0.0444. The number of benzene rings is 1. The second-order valence-electron chi connectivity index (χ2n) is 6.97. The van der Waals surface area contributed by atoms with E-state index in [-0.39, 0.29) is 33.9 Å². The number of amides is 1. The number of amidine groups is 1. The Hall–Kier alpha value is -3.32. The number of hydrogen-bond acceptors (Lipinski definition) is 7. The predicted octanol–water partition coefficient (Wildman–Crippen LogP) is 2.56. The van der Waals surface area contributed by atoms with Gasteiger partial charge in [0.05, 0.1) is 18.4 Å². The number of nitrogens with two attached hydrogens (primary N) is 1. The highest BCUT2D eigenvalue weighted by molar-refractivity contribution is 8.15. The summed E-state index contributed by atoms with van der Waals surface area (Å²) in [7, 11) is 1.55. The lowest BCUT2D eigenvalue weighted by atomic mass is 9.98. The topological polar surface area (TPSA) is 117 Å². The van der Waals surface area contributed by atoms with Crippen LogP contribution in [0.5, 0.6) is 0 Å². The lowest BCUT2D eigenvalue weighted by molar-refractivity contribution is -0.121. The highest BCUT2D eigenvalue weighted by Crippen LogP contribution is 2.63. The third kappa shape index (κ3) is 3.41. The van der Waals surface area contributed by atoms with Crippen LogP contribution in [0.2, 0.25) is 0 Å². The maximum Gasteiger partial charge on any atom is 0.236 e. The van der Waals surface area contributed by atoms with Crippen LogP contribution in [0, 0.1) is 23.1 Å². The summed E-state index contributed by atoms with van der Waals surface area (Å²) < 4.78 is 28.5. The Morgan fingerprint density at radius 2 is 2.23 bits per heavy atom. The van der Waals surface area contributed by atoms with Gasteiger partial charge in [-0.3, -0.25) is 9.79 Å². The summed E-state index contributed by atoms with van der Waals surface area (Å²) in [6.45, 7) is 0. The molecule has 0 spiro atoms. The van der Waals surface area contributed by atoms with Gasteiger partial charge in [-0.2, -0.15) is 5.26 Å². The number of nitrogens with one attached hydrogen (secondary N) is 1. The van der Waals surface area contributed by atoms with E-state index >= 15 is 0 Å². The molecule has 1 aliphatic carbocycles. The first-order valence-corrected chi connectivity index (χ1v) is 9.83. The van der Waals surface area contributed by atoms with E-state index in [0.29, 0.717) is 12.0 Å². The van der Waals surface area contributed by atoms with Crippen molar-refractivity contribution in [3.63, 3.8) is 0 Å². The summed E-state index contributed by atoms with van der Waals surface area (Å²) in [4.78, 5) is 24.3. The molecule has 30 heavy (non-hydrogen) atoms. The first-order valence-electron chi connectivity index (χ1n) is 9.01. The minimum Gasteiger partial charge on any atom is -0.378 e. The molecule has 1 saturated carbocycles. The van der Waals surface area contributed by atoms with Gasteiger partial charge in [-0.25, -0.2) is 18.7 Å². The summed E-state index contributed by atoms with van der Waals surface area (Å²) in [5.74, 6) is -1.55. The van der Waals surface area contributed by atoms with E-state index < -0.39 is 22.4 Å². The zero-order chi connectivity index (χ0) is 21.5. The number of rotatable bonds is 4. The first-order chi connectivity index (χ1) is 14.4. The Kier molecular flexibility index (Phi) is 4.99. The van der Waals surface area contributed by atoms with Crippen molar-refractivity contribution >= 4 is 34.7 Å². The number of carbonyl (C=O) groups excluding carboxylic acids is 1. The smallest absolute Gasteiger partial charge is 0.236 e. The van der Waals surface area contributed by atoms with Gasteiger partial charge < -0.3 is 11.1 Å². The molecule has 0 saturated heterocycles. The van der Waals surface area contributed by atoms with Gasteiger partial charge in [0.25, 0.3) is 0 Å². The second kappa shape index (κ2) is 7.50. The molecule has 1 aliphatic heterocycles. The maximum absolute atomic E-state index is 14.6. The summed E-state index contributed by atoms with van der Waals surface area (Å²) in [6, 6.07) is 5.34. The molecule has 2 aromatic rings. The largest absolute Gasteiger partial charge is 0.378 e. The predicted molar refractivity (Wildman–Crippen MR) is 109 cm³/mol. The summed E-state index contributed by atoms with van der Waals surface area (Å²) in [5, 5.41) is 11.6. The van der Waals surface area contributed by atoms with Crippen LogP contribution in [0.25, 0.3) is 11.9 Å². The van der Waals surface area contributed by atoms with E-state index in [1.54, 1.807) is 7.05 Å². The van der Waals surface area contributed by atoms with E-state index in [1.807, 2.05) is 6.07 Å². The van der Waals surface area contributed by atoms with Crippen molar-refractivity contribution in [3.8, 4) is 6.07 Å². The minimum atomic E-state index is -0.743. The van der Waals surface area contributed by atoms with E-state index in [2.05, 4.69) is 20.3 Å². The van der Waals surface area contributed by atoms with Crippen LogP contribution in [0.3, 0.4) is 0 Å². The van der Waals surface area contributed by atoms with Crippen LogP contribution in [0.15, 0.2) is 35.6 Å². The Morgan fingerprint density at radius 1 is 1.43 bits per heavy atom. The van der Waals surface area contributed by atoms with Crippen molar-refractivity contribution < 1.29 is 13.6 Å². The molecular weight excluding hydrogens is 410 g/mol.